The molecule has 0 saturated heterocycles. The summed E-state index contributed by atoms with van der Waals surface area (Å²) in [6, 6.07) is 13.6. The highest BCUT2D eigenvalue weighted by Gasteiger charge is 2.24. The number of phosphoric acid groups is 1. The van der Waals surface area contributed by atoms with E-state index in [-0.39, 0.29) is 43.6 Å². The number of urea groups is 1. The van der Waals surface area contributed by atoms with E-state index in [2.05, 4.69) is 31.1 Å². The van der Waals surface area contributed by atoms with Crippen molar-refractivity contribution in [3.63, 3.8) is 0 Å². The smallest absolute Gasteiger partial charge is 0.447 e. The summed E-state index contributed by atoms with van der Waals surface area (Å²) >= 11 is 6.05. The van der Waals surface area contributed by atoms with Crippen LogP contribution in [0.15, 0.2) is 59.1 Å². The van der Waals surface area contributed by atoms with E-state index in [0.717, 1.165) is 5.56 Å². The summed E-state index contributed by atoms with van der Waals surface area (Å²) in [5.74, 6) is -1.02. The Bertz CT molecular complexity index is 1480. The topological polar surface area (TPSA) is 205 Å². The molecule has 15 nitrogen and oxygen atoms in total. The van der Waals surface area contributed by atoms with Gasteiger partial charge < -0.3 is 29.7 Å². The van der Waals surface area contributed by atoms with Crippen molar-refractivity contribution in [2.24, 2.45) is 0 Å². The zero-order valence-corrected chi connectivity index (χ0v) is 25.7. The summed E-state index contributed by atoms with van der Waals surface area (Å²) in [6.45, 7) is 0.589. The van der Waals surface area contributed by atoms with Crippen LogP contribution in [-0.2, 0) is 25.2 Å². The summed E-state index contributed by atoms with van der Waals surface area (Å²) in [4.78, 5) is 54.5. The first-order valence-corrected chi connectivity index (χ1v) is 15.5. The van der Waals surface area contributed by atoms with Gasteiger partial charge in [-0.05, 0) is 24.5 Å². The summed E-state index contributed by atoms with van der Waals surface area (Å²) in [6.07, 6.45) is -0.322. The van der Waals surface area contributed by atoms with Gasteiger partial charge in [0.05, 0.1) is 17.7 Å². The number of nitrogens with zero attached hydrogens (tertiary/aromatic N) is 2. The normalized spacial score (nSPS) is 11.8. The molecule has 0 spiro atoms. The van der Waals surface area contributed by atoms with E-state index in [1.165, 1.54) is 30.1 Å². The van der Waals surface area contributed by atoms with Crippen molar-refractivity contribution in [1.82, 2.24) is 26.2 Å². The molecule has 0 unspecified atom stereocenters. The van der Waals surface area contributed by atoms with Crippen molar-refractivity contribution >= 4 is 43.3 Å². The molecule has 18 heteroatoms. The fourth-order valence-corrected chi connectivity index (χ4v) is 4.48. The Morgan fingerprint density at radius 3 is 2.56 bits per heavy atom. The molecule has 0 aliphatic heterocycles. The molecule has 0 aliphatic carbocycles. The SMILES string of the molecule is CC(=O)N(NCc1cccc(F)c1Cl)[C@@H](CCCNC(=O)NCCOP(=O)(O)O)COC(=O)Nc1cc(-c2ccccc2)no1. The molecule has 2 aromatic carbocycles. The predicted octanol–water partition coefficient (Wildman–Crippen LogP) is 3.79. The van der Waals surface area contributed by atoms with Gasteiger partial charge in [0, 0.05) is 38.2 Å². The first kappa shape index (κ1) is 35.4. The molecule has 45 heavy (non-hydrogen) atoms. The molecule has 3 aromatic rings. The van der Waals surface area contributed by atoms with E-state index in [1.807, 2.05) is 30.3 Å². The highest BCUT2D eigenvalue weighted by Crippen LogP contribution is 2.35. The van der Waals surface area contributed by atoms with Gasteiger partial charge in [0.15, 0.2) is 0 Å². The number of hydrazine groups is 1. The first-order chi connectivity index (χ1) is 21.4. The number of carbonyl (C=O) groups is 3. The van der Waals surface area contributed by atoms with Crippen LogP contribution in [0, 0.1) is 5.82 Å². The molecule has 0 bridgehead atoms. The fraction of sp³-hybridized carbons (Fsp3) is 0.333. The van der Waals surface area contributed by atoms with E-state index in [4.69, 9.17) is 30.6 Å². The van der Waals surface area contributed by atoms with Crippen LogP contribution in [0.1, 0.15) is 25.3 Å². The number of anilines is 1. The number of ether oxygens (including phenoxy) is 1. The molecule has 3 rings (SSSR count). The van der Waals surface area contributed by atoms with E-state index < -0.39 is 44.3 Å². The summed E-state index contributed by atoms with van der Waals surface area (Å²) in [5.41, 5.74) is 4.58. The Labute approximate surface area is 262 Å². The van der Waals surface area contributed by atoms with Crippen LogP contribution in [0.4, 0.5) is 19.9 Å². The third-order valence-corrected chi connectivity index (χ3v) is 6.98. The third kappa shape index (κ3) is 12.5. The standard InChI is InChI=1S/C27H33ClFN6O9P/c1-18(36)35(32-16-20-9-5-11-22(29)25(20)28)21(10-6-12-30-26(37)31-13-14-43-45(39,40)41)17-42-27(38)33-24-15-23(34-44-24)19-7-3-2-4-8-19/h2-5,7-9,11,15,21,32H,6,10,12-14,16-17H2,1H3,(H,33,38)(H2,30,31,37)(H2,39,40,41)/t21-/m0/s1. The number of aromatic nitrogens is 1. The average molecular weight is 671 g/mol. The summed E-state index contributed by atoms with van der Waals surface area (Å²) in [7, 11) is -4.64. The number of halogens is 2. The molecular weight excluding hydrogens is 638 g/mol. The van der Waals surface area contributed by atoms with Crippen LogP contribution in [0.3, 0.4) is 0 Å². The van der Waals surface area contributed by atoms with Crippen molar-refractivity contribution in [1.29, 1.82) is 0 Å². The van der Waals surface area contributed by atoms with Crippen LogP contribution in [0.25, 0.3) is 11.3 Å². The van der Waals surface area contributed by atoms with E-state index in [1.54, 1.807) is 6.07 Å². The Morgan fingerprint density at radius 2 is 1.84 bits per heavy atom. The minimum atomic E-state index is -4.64. The second-order valence-corrected chi connectivity index (χ2v) is 11.0. The number of nitrogens with one attached hydrogen (secondary N) is 4. The maximum atomic E-state index is 13.9. The highest BCUT2D eigenvalue weighted by molar-refractivity contribution is 7.46. The first-order valence-electron chi connectivity index (χ1n) is 13.6. The lowest BCUT2D eigenvalue weighted by molar-refractivity contribution is -0.136. The van der Waals surface area contributed by atoms with Crippen molar-refractivity contribution in [2.75, 3.05) is 31.6 Å². The molecule has 4 amide bonds. The van der Waals surface area contributed by atoms with Crippen LogP contribution >= 0.6 is 19.4 Å². The maximum Gasteiger partial charge on any atom is 0.469 e. The second-order valence-electron chi connectivity index (χ2n) is 9.41. The quantitative estimate of drug-likeness (QED) is 0.0735. The number of rotatable bonds is 16. The fourth-order valence-electron chi connectivity index (χ4n) is 3.96. The van der Waals surface area contributed by atoms with Crippen molar-refractivity contribution in [3.05, 3.63) is 71.0 Å². The maximum absolute atomic E-state index is 13.9. The Balaban J connectivity index is 1.59. The minimum absolute atomic E-state index is 0.0173. The predicted molar refractivity (Wildman–Crippen MR) is 160 cm³/mol. The lowest BCUT2D eigenvalue weighted by Crippen LogP contribution is -2.50. The van der Waals surface area contributed by atoms with E-state index in [0.29, 0.717) is 17.7 Å². The van der Waals surface area contributed by atoms with Gasteiger partial charge in [0.2, 0.25) is 11.8 Å². The van der Waals surface area contributed by atoms with Crippen LogP contribution < -0.4 is 21.4 Å². The van der Waals surface area contributed by atoms with Crippen molar-refractivity contribution in [3.8, 4) is 11.3 Å². The molecule has 0 aliphatic rings. The van der Waals surface area contributed by atoms with Crippen molar-refractivity contribution in [2.45, 2.75) is 32.4 Å². The molecule has 244 valence electrons. The number of hydrogen-bond donors (Lipinski definition) is 6. The van der Waals surface area contributed by atoms with Gasteiger partial charge in [-0.15, -0.1) is 0 Å². The molecule has 0 fully saturated rings. The Morgan fingerprint density at radius 1 is 1.11 bits per heavy atom. The molecule has 1 atom stereocenters. The van der Waals surface area contributed by atoms with Crippen LogP contribution in [-0.4, -0.2) is 70.3 Å². The number of hydrogen-bond acceptors (Lipinski definition) is 9. The zero-order valence-electron chi connectivity index (χ0n) is 24.1. The number of amides is 4. The Kier molecular flexibility index (Phi) is 13.7. The van der Waals surface area contributed by atoms with Gasteiger partial charge in [-0.1, -0.05) is 59.2 Å². The molecule has 1 heterocycles. The molecule has 6 N–H and O–H groups in total. The monoisotopic (exact) mass is 670 g/mol. The van der Waals surface area contributed by atoms with Crippen LogP contribution in [0.2, 0.25) is 5.02 Å². The average Bonchev–Trinajstić information content (AvgIpc) is 3.46. The molecule has 1 aromatic heterocycles. The minimum Gasteiger partial charge on any atom is -0.447 e. The van der Waals surface area contributed by atoms with Gasteiger partial charge in [-0.2, -0.15) is 0 Å². The second kappa shape index (κ2) is 17.4. The third-order valence-electron chi connectivity index (χ3n) is 6.03. The Hall–Kier alpha value is -4.05. The van der Waals surface area contributed by atoms with Gasteiger partial charge >= 0.3 is 19.9 Å². The lowest BCUT2D eigenvalue weighted by atomic mass is 10.1. The van der Waals surface area contributed by atoms with Gasteiger partial charge in [-0.3, -0.25) is 19.6 Å². The molecule has 0 saturated carbocycles. The number of benzene rings is 2. The van der Waals surface area contributed by atoms with Gasteiger partial charge in [0.25, 0.3) is 0 Å². The lowest BCUT2D eigenvalue weighted by Gasteiger charge is -2.31. The molecule has 0 radical (unpaired) electrons. The zero-order chi connectivity index (χ0) is 32.8. The van der Waals surface area contributed by atoms with Gasteiger partial charge in [-0.25, -0.2) is 24.0 Å². The van der Waals surface area contributed by atoms with Crippen LogP contribution in [0.5, 0.6) is 0 Å². The van der Waals surface area contributed by atoms with Gasteiger partial charge in [0.1, 0.15) is 18.1 Å². The number of carbonyl (C=O) groups excluding carboxylic acids is 3. The van der Waals surface area contributed by atoms with E-state index in [9.17, 15) is 23.3 Å². The summed E-state index contributed by atoms with van der Waals surface area (Å²) < 4.78 is 39.4. The van der Waals surface area contributed by atoms with Crippen molar-refractivity contribution < 1.29 is 46.9 Å². The summed E-state index contributed by atoms with van der Waals surface area (Å²) in [5, 5.41) is 12.4. The highest BCUT2D eigenvalue weighted by atomic mass is 35.5. The van der Waals surface area contributed by atoms with E-state index >= 15 is 0 Å². The largest absolute Gasteiger partial charge is 0.469 e. The molecular formula is C27H33ClFN6O9P. The number of phosphoric ester groups is 1.